The smallest absolute Gasteiger partial charge is 0.229 e. The van der Waals surface area contributed by atoms with Crippen molar-refractivity contribution < 1.29 is 14.0 Å². The van der Waals surface area contributed by atoms with E-state index in [-0.39, 0.29) is 5.92 Å². The van der Waals surface area contributed by atoms with Crippen LogP contribution in [0.15, 0.2) is 22.9 Å². The first-order valence-electron chi connectivity index (χ1n) is 6.31. The monoisotopic (exact) mass is 260 g/mol. The van der Waals surface area contributed by atoms with E-state index in [1.807, 2.05) is 12.1 Å². The normalized spacial score (nSPS) is 13.8. The predicted molar refractivity (Wildman–Crippen MR) is 71.4 cm³/mol. The highest BCUT2D eigenvalue weighted by atomic mass is 16.6. The van der Waals surface area contributed by atoms with Gasteiger partial charge in [-0.2, -0.15) is 0 Å². The van der Waals surface area contributed by atoms with Gasteiger partial charge in [-0.05, 0) is 23.6 Å². The summed E-state index contributed by atoms with van der Waals surface area (Å²) in [4.78, 5) is 0. The average molecular weight is 260 g/mol. The van der Waals surface area contributed by atoms with E-state index in [1.54, 1.807) is 6.20 Å². The van der Waals surface area contributed by atoms with E-state index in [9.17, 15) is 0 Å². The lowest BCUT2D eigenvalue weighted by atomic mass is 9.92. The van der Waals surface area contributed by atoms with Crippen LogP contribution in [0.4, 0.5) is 5.88 Å². The molecule has 100 valence electrons. The second kappa shape index (κ2) is 4.50. The fourth-order valence-electron chi connectivity index (χ4n) is 2.40. The van der Waals surface area contributed by atoms with Gasteiger partial charge in [-0.15, -0.1) is 0 Å². The summed E-state index contributed by atoms with van der Waals surface area (Å²) in [5, 5.41) is 3.74. The Hall–Kier alpha value is -2.17. The second-order valence-corrected chi connectivity index (χ2v) is 4.81. The summed E-state index contributed by atoms with van der Waals surface area (Å²) in [6.45, 7) is 5.37. The lowest BCUT2D eigenvalue weighted by molar-refractivity contribution is 0.169. The Bertz CT molecular complexity index is 605. The van der Waals surface area contributed by atoms with Crippen LogP contribution >= 0.6 is 0 Å². The minimum atomic E-state index is 0.279. The molecular weight excluding hydrogens is 244 g/mol. The summed E-state index contributed by atoms with van der Waals surface area (Å²) in [5.41, 5.74) is 8.67. The Balaban J connectivity index is 2.23. The van der Waals surface area contributed by atoms with Crippen molar-refractivity contribution in [1.82, 2.24) is 5.16 Å². The van der Waals surface area contributed by atoms with Crippen LogP contribution in [0.1, 0.15) is 25.3 Å². The number of anilines is 1. The number of benzene rings is 1. The highest BCUT2D eigenvalue weighted by Gasteiger charge is 2.23. The number of nitrogens with two attached hydrogens (primary N) is 1. The molecule has 0 amide bonds. The molecule has 0 unspecified atom stereocenters. The third kappa shape index (κ3) is 1.91. The number of hydrogen-bond acceptors (Lipinski definition) is 5. The lowest BCUT2D eigenvalue weighted by Crippen LogP contribution is -2.17. The van der Waals surface area contributed by atoms with Gasteiger partial charge in [0.15, 0.2) is 11.5 Å². The molecule has 2 N–H and O–H groups in total. The van der Waals surface area contributed by atoms with Crippen LogP contribution in [-0.2, 0) is 0 Å². The van der Waals surface area contributed by atoms with Crippen molar-refractivity contribution in [3.05, 3.63) is 23.9 Å². The summed E-state index contributed by atoms with van der Waals surface area (Å²) in [6.07, 6.45) is 1.63. The standard InChI is InChI=1S/C14H16N2O3/c1-8(2)12-9(10-7-16-19-14(10)15)3-4-11-13(12)18-6-5-17-11/h3-4,7-8H,5-6,15H2,1-2H3. The van der Waals surface area contributed by atoms with Crippen molar-refractivity contribution in [1.29, 1.82) is 0 Å². The molecule has 2 heterocycles. The van der Waals surface area contributed by atoms with Gasteiger partial charge < -0.3 is 19.7 Å². The Morgan fingerprint density at radius 2 is 1.95 bits per heavy atom. The molecule has 1 aliphatic heterocycles. The quantitative estimate of drug-likeness (QED) is 0.899. The Kier molecular flexibility index (Phi) is 2.81. The Labute approximate surface area is 111 Å². The van der Waals surface area contributed by atoms with E-state index < -0.39 is 0 Å². The molecule has 19 heavy (non-hydrogen) atoms. The van der Waals surface area contributed by atoms with Crippen molar-refractivity contribution in [3.8, 4) is 22.6 Å². The van der Waals surface area contributed by atoms with Crippen molar-refractivity contribution in [2.45, 2.75) is 19.8 Å². The van der Waals surface area contributed by atoms with E-state index >= 15 is 0 Å². The molecule has 5 nitrogen and oxygen atoms in total. The highest BCUT2D eigenvalue weighted by molar-refractivity contribution is 5.78. The maximum atomic E-state index is 5.82. The fraction of sp³-hybridized carbons (Fsp3) is 0.357. The van der Waals surface area contributed by atoms with Gasteiger partial charge in [-0.1, -0.05) is 19.0 Å². The summed E-state index contributed by atoms with van der Waals surface area (Å²) in [5.74, 6) is 2.19. The van der Waals surface area contributed by atoms with E-state index in [1.165, 1.54) is 0 Å². The molecule has 5 heteroatoms. The van der Waals surface area contributed by atoms with Gasteiger partial charge >= 0.3 is 0 Å². The van der Waals surface area contributed by atoms with Gasteiger partial charge in [0.2, 0.25) is 5.88 Å². The molecule has 1 aromatic heterocycles. The zero-order chi connectivity index (χ0) is 13.4. The fourth-order valence-corrected chi connectivity index (χ4v) is 2.40. The molecule has 0 aliphatic carbocycles. The molecule has 3 rings (SSSR count). The molecule has 0 fully saturated rings. The van der Waals surface area contributed by atoms with Crippen LogP contribution in [-0.4, -0.2) is 18.4 Å². The van der Waals surface area contributed by atoms with E-state index in [0.717, 1.165) is 28.2 Å². The van der Waals surface area contributed by atoms with Gasteiger partial charge in [0.1, 0.15) is 13.2 Å². The minimum absolute atomic E-state index is 0.279. The van der Waals surface area contributed by atoms with Gasteiger partial charge in [0.25, 0.3) is 0 Å². The second-order valence-electron chi connectivity index (χ2n) is 4.81. The zero-order valence-corrected chi connectivity index (χ0v) is 11.0. The predicted octanol–water partition coefficient (Wildman–Crippen LogP) is 2.82. The maximum absolute atomic E-state index is 5.82. The molecule has 1 aliphatic rings. The molecule has 0 saturated carbocycles. The lowest BCUT2D eigenvalue weighted by Gasteiger charge is -2.24. The summed E-state index contributed by atoms with van der Waals surface area (Å²) < 4.78 is 16.4. The van der Waals surface area contributed by atoms with Gasteiger partial charge in [0.05, 0.1) is 11.8 Å². The highest BCUT2D eigenvalue weighted by Crippen LogP contribution is 2.44. The summed E-state index contributed by atoms with van der Waals surface area (Å²) >= 11 is 0. The molecule has 2 aromatic rings. The van der Waals surface area contributed by atoms with E-state index in [4.69, 9.17) is 19.7 Å². The van der Waals surface area contributed by atoms with Gasteiger partial charge in [-0.3, -0.25) is 0 Å². The molecule has 0 spiro atoms. The number of rotatable bonds is 2. The first kappa shape index (κ1) is 11.9. The van der Waals surface area contributed by atoms with Crippen LogP contribution in [0.2, 0.25) is 0 Å². The first-order valence-corrected chi connectivity index (χ1v) is 6.31. The van der Waals surface area contributed by atoms with Gasteiger partial charge in [-0.25, -0.2) is 0 Å². The van der Waals surface area contributed by atoms with Crippen molar-refractivity contribution in [3.63, 3.8) is 0 Å². The van der Waals surface area contributed by atoms with E-state index in [2.05, 4.69) is 19.0 Å². The summed E-state index contributed by atoms with van der Waals surface area (Å²) in [7, 11) is 0. The molecule has 0 bridgehead atoms. The number of ether oxygens (including phenoxy) is 2. The number of nitrogens with zero attached hydrogens (tertiary/aromatic N) is 1. The van der Waals surface area contributed by atoms with Gasteiger partial charge in [0, 0.05) is 5.56 Å². The third-order valence-electron chi connectivity index (χ3n) is 3.21. The number of fused-ring (bicyclic) bond motifs is 1. The number of hydrogen-bond donors (Lipinski definition) is 1. The Morgan fingerprint density at radius 3 is 2.63 bits per heavy atom. The molecule has 0 saturated heterocycles. The van der Waals surface area contributed by atoms with Crippen LogP contribution in [0.5, 0.6) is 11.5 Å². The van der Waals surface area contributed by atoms with Crippen LogP contribution < -0.4 is 15.2 Å². The topological polar surface area (TPSA) is 70.5 Å². The molecule has 0 atom stereocenters. The molecule has 1 aromatic carbocycles. The number of aromatic nitrogens is 1. The van der Waals surface area contributed by atoms with Crippen molar-refractivity contribution in [2.24, 2.45) is 0 Å². The largest absolute Gasteiger partial charge is 0.486 e. The SMILES string of the molecule is CC(C)c1c(-c2cnoc2N)ccc2c1OCCO2. The van der Waals surface area contributed by atoms with E-state index in [0.29, 0.717) is 19.1 Å². The number of nitrogen functional groups attached to an aromatic ring is 1. The van der Waals surface area contributed by atoms with Crippen molar-refractivity contribution >= 4 is 5.88 Å². The molecular formula is C14H16N2O3. The Morgan fingerprint density at radius 1 is 1.16 bits per heavy atom. The average Bonchev–Trinajstić information content (AvgIpc) is 2.83. The van der Waals surface area contributed by atoms with Crippen LogP contribution in [0, 0.1) is 0 Å². The van der Waals surface area contributed by atoms with Crippen LogP contribution in [0.3, 0.4) is 0 Å². The van der Waals surface area contributed by atoms with Crippen molar-refractivity contribution in [2.75, 3.05) is 18.9 Å². The maximum Gasteiger partial charge on any atom is 0.229 e. The first-order chi connectivity index (χ1) is 9.18. The minimum Gasteiger partial charge on any atom is -0.486 e. The zero-order valence-electron chi connectivity index (χ0n) is 11.0. The van der Waals surface area contributed by atoms with Crippen LogP contribution in [0.25, 0.3) is 11.1 Å². The third-order valence-corrected chi connectivity index (χ3v) is 3.21. The summed E-state index contributed by atoms with van der Waals surface area (Å²) in [6, 6.07) is 3.88. The molecule has 0 radical (unpaired) electrons.